The van der Waals surface area contributed by atoms with Gasteiger partial charge in [0.15, 0.2) is 0 Å². The predicted octanol–water partition coefficient (Wildman–Crippen LogP) is 3.00. The Morgan fingerprint density at radius 1 is 1.15 bits per heavy atom. The Morgan fingerprint density at radius 2 is 1.85 bits per heavy atom. The van der Waals surface area contributed by atoms with Crippen molar-refractivity contribution in [3.63, 3.8) is 0 Å². The number of amides is 1. The van der Waals surface area contributed by atoms with Crippen molar-refractivity contribution in [1.29, 1.82) is 0 Å². The number of carbonyl (C=O) groups is 1. The van der Waals surface area contributed by atoms with Crippen LogP contribution in [0.1, 0.15) is 31.9 Å². The van der Waals surface area contributed by atoms with Crippen LogP contribution in [0.2, 0.25) is 0 Å². The second-order valence-electron chi connectivity index (χ2n) is 5.28. The molecule has 2 rings (SSSR count). The summed E-state index contributed by atoms with van der Waals surface area (Å²) in [6.07, 6.45) is 0.716. The fourth-order valence-electron chi connectivity index (χ4n) is 2.44. The summed E-state index contributed by atoms with van der Waals surface area (Å²) in [5.74, 6) is 0.0216. The summed E-state index contributed by atoms with van der Waals surface area (Å²) < 4.78 is 0. The van der Waals surface area contributed by atoms with E-state index < -0.39 is 0 Å². The van der Waals surface area contributed by atoms with E-state index in [1.54, 1.807) is 0 Å². The number of rotatable bonds is 5. The Bertz CT molecular complexity index is 589. The second-order valence-corrected chi connectivity index (χ2v) is 5.28. The molecule has 3 heteroatoms. The third-order valence-electron chi connectivity index (χ3n) is 3.70. The van der Waals surface area contributed by atoms with E-state index in [9.17, 15) is 4.79 Å². The lowest BCUT2D eigenvalue weighted by Gasteiger charge is -2.19. The minimum Gasteiger partial charge on any atom is -0.349 e. The van der Waals surface area contributed by atoms with Gasteiger partial charge in [-0.1, -0.05) is 49.4 Å². The number of benzene rings is 2. The number of nitrogens with one attached hydrogen (secondary N) is 1. The summed E-state index contributed by atoms with van der Waals surface area (Å²) in [5, 5.41) is 5.46. The number of hydrogen-bond acceptors (Lipinski definition) is 2. The van der Waals surface area contributed by atoms with E-state index in [1.165, 1.54) is 10.8 Å². The molecule has 0 aromatic heterocycles. The van der Waals surface area contributed by atoms with Gasteiger partial charge in [-0.05, 0) is 36.2 Å². The summed E-state index contributed by atoms with van der Waals surface area (Å²) in [4.78, 5) is 12.1. The van der Waals surface area contributed by atoms with Crippen LogP contribution in [0.4, 0.5) is 0 Å². The average Bonchev–Trinajstić information content (AvgIpc) is 2.46. The van der Waals surface area contributed by atoms with Gasteiger partial charge in [-0.25, -0.2) is 0 Å². The molecule has 3 N–H and O–H groups in total. The second kappa shape index (κ2) is 6.53. The first kappa shape index (κ1) is 14.5. The van der Waals surface area contributed by atoms with Crippen LogP contribution in [0.5, 0.6) is 0 Å². The highest BCUT2D eigenvalue weighted by Crippen LogP contribution is 2.24. The molecular formula is C17H22N2O. The van der Waals surface area contributed by atoms with Crippen LogP contribution in [0.3, 0.4) is 0 Å². The van der Waals surface area contributed by atoms with Crippen molar-refractivity contribution in [3.05, 3.63) is 48.0 Å². The van der Waals surface area contributed by atoms with Gasteiger partial charge in [-0.3, -0.25) is 4.79 Å². The van der Waals surface area contributed by atoms with Crippen molar-refractivity contribution in [2.24, 2.45) is 11.7 Å². The summed E-state index contributed by atoms with van der Waals surface area (Å²) in [7, 11) is 0. The zero-order chi connectivity index (χ0) is 14.5. The molecule has 106 valence electrons. The smallest absolute Gasteiger partial charge is 0.223 e. The predicted molar refractivity (Wildman–Crippen MR) is 83.3 cm³/mol. The quantitative estimate of drug-likeness (QED) is 0.877. The van der Waals surface area contributed by atoms with E-state index in [-0.39, 0.29) is 17.9 Å². The topological polar surface area (TPSA) is 55.1 Å². The molecule has 0 spiro atoms. The van der Waals surface area contributed by atoms with E-state index in [4.69, 9.17) is 5.73 Å². The van der Waals surface area contributed by atoms with E-state index in [0.717, 1.165) is 5.56 Å². The monoisotopic (exact) mass is 270 g/mol. The van der Waals surface area contributed by atoms with E-state index in [1.807, 2.05) is 32.0 Å². The third kappa shape index (κ3) is 3.17. The third-order valence-corrected chi connectivity index (χ3v) is 3.70. The van der Waals surface area contributed by atoms with Gasteiger partial charge in [0, 0.05) is 5.92 Å². The maximum atomic E-state index is 12.1. The van der Waals surface area contributed by atoms with Crippen LogP contribution >= 0.6 is 0 Å². The Hall–Kier alpha value is -1.87. The highest BCUT2D eigenvalue weighted by Gasteiger charge is 2.16. The highest BCUT2D eigenvalue weighted by atomic mass is 16.1. The normalized spacial score (nSPS) is 13.9. The minimum absolute atomic E-state index is 0.00572. The molecule has 0 fully saturated rings. The van der Waals surface area contributed by atoms with Crippen molar-refractivity contribution in [1.82, 2.24) is 5.32 Å². The Labute approximate surface area is 120 Å². The van der Waals surface area contributed by atoms with Gasteiger partial charge in [0.05, 0.1) is 6.04 Å². The van der Waals surface area contributed by atoms with Crippen molar-refractivity contribution in [3.8, 4) is 0 Å². The maximum Gasteiger partial charge on any atom is 0.223 e. The maximum absolute atomic E-state index is 12.1. The average molecular weight is 270 g/mol. The Balaban J connectivity index is 2.19. The molecule has 1 amide bonds. The van der Waals surface area contributed by atoms with Crippen LogP contribution in [0.15, 0.2) is 42.5 Å². The molecule has 2 aromatic rings. The first-order valence-corrected chi connectivity index (χ1v) is 7.11. The van der Waals surface area contributed by atoms with Crippen molar-refractivity contribution in [2.75, 3.05) is 6.54 Å². The molecule has 2 atom stereocenters. The molecule has 0 aliphatic rings. The summed E-state index contributed by atoms with van der Waals surface area (Å²) in [6, 6.07) is 14.4. The lowest BCUT2D eigenvalue weighted by atomic mass is 9.99. The van der Waals surface area contributed by atoms with Crippen LogP contribution < -0.4 is 11.1 Å². The van der Waals surface area contributed by atoms with Gasteiger partial charge in [-0.2, -0.15) is 0 Å². The molecule has 0 saturated carbocycles. The Morgan fingerprint density at radius 3 is 2.60 bits per heavy atom. The summed E-state index contributed by atoms with van der Waals surface area (Å²) in [6.45, 7) is 4.48. The first-order valence-electron chi connectivity index (χ1n) is 7.11. The molecule has 3 nitrogen and oxygen atoms in total. The van der Waals surface area contributed by atoms with Gasteiger partial charge >= 0.3 is 0 Å². The zero-order valence-electron chi connectivity index (χ0n) is 12.1. The molecular weight excluding hydrogens is 248 g/mol. The van der Waals surface area contributed by atoms with Crippen molar-refractivity contribution >= 4 is 16.7 Å². The van der Waals surface area contributed by atoms with Gasteiger partial charge in [0.2, 0.25) is 5.91 Å². The molecule has 2 unspecified atom stereocenters. The van der Waals surface area contributed by atoms with Crippen LogP contribution in [-0.4, -0.2) is 12.5 Å². The van der Waals surface area contributed by atoms with E-state index >= 15 is 0 Å². The lowest BCUT2D eigenvalue weighted by molar-refractivity contribution is -0.125. The van der Waals surface area contributed by atoms with Crippen LogP contribution in [-0.2, 0) is 4.79 Å². The summed E-state index contributed by atoms with van der Waals surface area (Å²) in [5.41, 5.74) is 6.65. The molecule has 0 radical (unpaired) electrons. The molecule has 20 heavy (non-hydrogen) atoms. The number of fused-ring (bicyclic) bond motifs is 1. The van der Waals surface area contributed by atoms with Crippen LogP contribution in [0, 0.1) is 5.92 Å². The number of nitrogens with two attached hydrogens (primary N) is 1. The molecule has 0 aliphatic carbocycles. The fourth-order valence-corrected chi connectivity index (χ4v) is 2.44. The van der Waals surface area contributed by atoms with Gasteiger partial charge in [-0.15, -0.1) is 0 Å². The van der Waals surface area contributed by atoms with Gasteiger partial charge in [0.1, 0.15) is 0 Å². The zero-order valence-corrected chi connectivity index (χ0v) is 12.1. The van der Waals surface area contributed by atoms with E-state index in [2.05, 4.69) is 29.6 Å². The SMILES string of the molecule is CC(CCN)C(=O)NC(C)c1cccc2ccccc12. The molecule has 0 heterocycles. The fraction of sp³-hybridized carbons (Fsp3) is 0.353. The number of hydrogen-bond donors (Lipinski definition) is 2. The largest absolute Gasteiger partial charge is 0.349 e. The number of carbonyl (C=O) groups excluding carboxylic acids is 1. The highest BCUT2D eigenvalue weighted by molar-refractivity contribution is 5.87. The molecule has 2 aromatic carbocycles. The van der Waals surface area contributed by atoms with Crippen LogP contribution in [0.25, 0.3) is 10.8 Å². The van der Waals surface area contributed by atoms with Gasteiger partial charge in [0.25, 0.3) is 0 Å². The molecule has 0 aliphatic heterocycles. The van der Waals surface area contributed by atoms with Crippen molar-refractivity contribution < 1.29 is 4.79 Å². The first-order chi connectivity index (χ1) is 9.63. The minimum atomic E-state index is -0.0440. The molecule has 0 bridgehead atoms. The lowest BCUT2D eigenvalue weighted by Crippen LogP contribution is -2.32. The standard InChI is InChI=1S/C17H22N2O/c1-12(10-11-18)17(20)19-13(2)15-9-5-7-14-6-3-4-8-16(14)15/h3-9,12-13H,10-11,18H2,1-2H3,(H,19,20). The Kier molecular flexibility index (Phi) is 4.74. The van der Waals surface area contributed by atoms with Crippen molar-refractivity contribution in [2.45, 2.75) is 26.3 Å². The molecule has 0 saturated heterocycles. The van der Waals surface area contributed by atoms with E-state index in [0.29, 0.717) is 13.0 Å². The summed E-state index contributed by atoms with van der Waals surface area (Å²) >= 11 is 0. The van der Waals surface area contributed by atoms with Gasteiger partial charge < -0.3 is 11.1 Å².